The Morgan fingerprint density at radius 1 is 1.30 bits per heavy atom. The van der Waals surface area contributed by atoms with Crippen molar-refractivity contribution in [3.8, 4) is 0 Å². The number of anilines is 1. The number of carbonyl (C=O) groups excluding carboxylic acids is 1. The van der Waals surface area contributed by atoms with Crippen LogP contribution in [0.1, 0.15) is 45.0 Å². The molecule has 3 N–H and O–H groups in total. The first-order valence-corrected chi connectivity index (χ1v) is 9.10. The monoisotopic (exact) mass is 328 g/mol. The van der Waals surface area contributed by atoms with Gasteiger partial charge in [-0.25, -0.2) is 0 Å². The molecule has 2 aromatic rings. The van der Waals surface area contributed by atoms with Crippen LogP contribution in [0.5, 0.6) is 0 Å². The van der Waals surface area contributed by atoms with Crippen LogP contribution in [-0.4, -0.2) is 19.0 Å². The fraction of sp³-hybridized carbons (Fsp3) is 0.389. The Morgan fingerprint density at radius 2 is 2.13 bits per heavy atom. The van der Waals surface area contributed by atoms with Crippen molar-refractivity contribution in [3.63, 3.8) is 0 Å². The lowest BCUT2D eigenvalue weighted by Gasteiger charge is -2.28. The number of hydrogen-bond donors (Lipinski definition) is 3. The lowest BCUT2D eigenvalue weighted by molar-refractivity contribution is -0.913. The number of rotatable bonds is 2. The Balaban J connectivity index is 1.69. The molecule has 0 bridgehead atoms. The van der Waals surface area contributed by atoms with Gasteiger partial charge in [-0.15, -0.1) is 11.3 Å². The van der Waals surface area contributed by atoms with Gasteiger partial charge in [0, 0.05) is 6.42 Å². The van der Waals surface area contributed by atoms with Crippen molar-refractivity contribution in [2.75, 3.05) is 18.4 Å². The molecule has 1 aromatic heterocycles. The Hall–Kier alpha value is -1.85. The van der Waals surface area contributed by atoms with Crippen molar-refractivity contribution in [2.45, 2.75) is 33.0 Å². The summed E-state index contributed by atoms with van der Waals surface area (Å²) in [5.74, 6) is 0.0736. The third kappa shape index (κ3) is 2.44. The van der Waals surface area contributed by atoms with E-state index in [4.69, 9.17) is 0 Å². The highest BCUT2D eigenvalue weighted by Gasteiger charge is 2.34. The second-order valence-electron chi connectivity index (χ2n) is 6.40. The van der Waals surface area contributed by atoms with Crippen molar-refractivity contribution >= 4 is 22.2 Å². The number of quaternary nitrogens is 1. The van der Waals surface area contributed by atoms with E-state index in [1.54, 1.807) is 16.2 Å². The zero-order chi connectivity index (χ0) is 16.0. The summed E-state index contributed by atoms with van der Waals surface area (Å²) in [4.78, 5) is 15.7. The molecule has 2 atom stereocenters. The van der Waals surface area contributed by atoms with Gasteiger partial charge in [-0.3, -0.25) is 4.79 Å². The largest absolute Gasteiger partial charge is 0.353 e. The Morgan fingerprint density at radius 3 is 2.91 bits per heavy atom. The summed E-state index contributed by atoms with van der Waals surface area (Å²) in [7, 11) is 0. The number of hydrogen-bond acceptors (Lipinski definition) is 3. The zero-order valence-corrected chi connectivity index (χ0v) is 14.3. The molecule has 0 saturated heterocycles. The summed E-state index contributed by atoms with van der Waals surface area (Å²) in [6.07, 6.45) is 0.875. The third-order valence-electron chi connectivity index (χ3n) is 5.01. The maximum absolute atomic E-state index is 12.7. The minimum Gasteiger partial charge on any atom is -0.353 e. The van der Waals surface area contributed by atoms with E-state index in [1.807, 2.05) is 12.1 Å². The van der Waals surface area contributed by atoms with Crippen LogP contribution in [0.2, 0.25) is 0 Å². The second kappa shape index (κ2) is 5.65. The summed E-state index contributed by atoms with van der Waals surface area (Å²) in [5.41, 5.74) is 4.50. The van der Waals surface area contributed by atoms with E-state index in [-0.39, 0.29) is 12.1 Å². The highest BCUT2D eigenvalue weighted by molar-refractivity contribution is 7.16. The average molecular weight is 328 g/mol. The molecule has 0 aliphatic carbocycles. The van der Waals surface area contributed by atoms with Gasteiger partial charge in [0.05, 0.1) is 23.5 Å². The molecule has 0 saturated carbocycles. The van der Waals surface area contributed by atoms with Gasteiger partial charge in [0.2, 0.25) is 0 Å². The Labute approximate surface area is 140 Å². The van der Waals surface area contributed by atoms with Gasteiger partial charge in [0.15, 0.2) is 0 Å². The number of benzene rings is 1. The third-order valence-corrected chi connectivity index (χ3v) is 6.17. The molecule has 2 aliphatic rings. The maximum atomic E-state index is 12.7. The first-order valence-electron chi connectivity index (χ1n) is 8.28. The molecule has 3 heterocycles. The van der Waals surface area contributed by atoms with Crippen LogP contribution in [0.3, 0.4) is 0 Å². The van der Waals surface area contributed by atoms with Crippen molar-refractivity contribution < 1.29 is 9.69 Å². The molecule has 2 aliphatic heterocycles. The minimum atomic E-state index is -0.133. The van der Waals surface area contributed by atoms with E-state index in [2.05, 4.69) is 36.6 Å². The average Bonchev–Trinajstić information content (AvgIpc) is 2.92. The minimum absolute atomic E-state index is 0.0736. The number of aryl methyl sites for hydroxylation is 1. The molecule has 4 nitrogen and oxygen atoms in total. The van der Waals surface area contributed by atoms with Crippen molar-refractivity contribution in [2.24, 2.45) is 0 Å². The Bertz CT molecular complexity index is 768. The van der Waals surface area contributed by atoms with Gasteiger partial charge < -0.3 is 15.5 Å². The number of fused-ring (bicyclic) bond motifs is 3. The number of thiophene rings is 1. The van der Waals surface area contributed by atoms with Gasteiger partial charge in [0.25, 0.3) is 5.91 Å². The number of carbonyl (C=O) groups is 1. The molecule has 5 heteroatoms. The topological polar surface area (TPSA) is 45.6 Å². The summed E-state index contributed by atoms with van der Waals surface area (Å²) >= 11 is 1.77. The first kappa shape index (κ1) is 14.7. The molecular weight excluding hydrogens is 306 g/mol. The van der Waals surface area contributed by atoms with Crippen LogP contribution < -0.4 is 15.5 Å². The predicted octanol–water partition coefficient (Wildman–Crippen LogP) is 1.87. The highest BCUT2D eigenvalue weighted by atomic mass is 32.1. The van der Waals surface area contributed by atoms with Crippen LogP contribution in [0.15, 0.2) is 24.3 Å². The van der Waals surface area contributed by atoms with Crippen molar-refractivity contribution in [3.05, 3.63) is 51.4 Å². The van der Waals surface area contributed by atoms with Crippen LogP contribution in [0.4, 0.5) is 5.00 Å². The normalized spacial score (nSPS) is 22.8. The first-order chi connectivity index (χ1) is 11.2. The SMILES string of the molecule is CC[NH+]1CCc2c(sc3c2C(=O)N[C@H](c2ccccc2C)N3)C1. The highest BCUT2D eigenvalue weighted by Crippen LogP contribution is 2.39. The standard InChI is InChI=1S/C18H21N3OS/c1-3-21-9-8-13-14(10-21)23-18-15(13)17(22)19-16(20-18)12-7-5-4-6-11(12)2/h4-7,16,20H,3,8-10H2,1-2H3,(H,19,22)/p+1/t16-/m0/s1. The molecular formula is C18H22N3OS+. The van der Waals surface area contributed by atoms with Gasteiger partial charge in [-0.2, -0.15) is 0 Å². The van der Waals surface area contributed by atoms with Gasteiger partial charge >= 0.3 is 0 Å². The van der Waals surface area contributed by atoms with Crippen LogP contribution >= 0.6 is 11.3 Å². The summed E-state index contributed by atoms with van der Waals surface area (Å²) in [6, 6.07) is 8.21. The lowest BCUT2D eigenvalue weighted by atomic mass is 9.99. The van der Waals surface area contributed by atoms with Crippen molar-refractivity contribution in [1.82, 2.24) is 5.32 Å². The molecule has 1 amide bonds. The van der Waals surface area contributed by atoms with E-state index >= 15 is 0 Å². The molecule has 4 rings (SSSR count). The quantitative estimate of drug-likeness (QED) is 0.788. The van der Waals surface area contributed by atoms with Crippen LogP contribution in [0, 0.1) is 6.92 Å². The fourth-order valence-corrected chi connectivity index (χ4v) is 4.96. The molecule has 0 radical (unpaired) electrons. The molecule has 1 unspecified atom stereocenters. The fourth-order valence-electron chi connectivity index (χ4n) is 3.62. The maximum Gasteiger partial charge on any atom is 0.256 e. The van der Waals surface area contributed by atoms with E-state index in [0.717, 1.165) is 42.2 Å². The number of amides is 1. The Kier molecular flexibility index (Phi) is 3.62. The zero-order valence-electron chi connectivity index (χ0n) is 13.5. The van der Waals surface area contributed by atoms with E-state index in [9.17, 15) is 4.79 Å². The molecule has 23 heavy (non-hydrogen) atoms. The van der Waals surface area contributed by atoms with Gasteiger partial charge in [-0.1, -0.05) is 24.3 Å². The number of nitrogens with one attached hydrogen (secondary N) is 3. The van der Waals surface area contributed by atoms with Gasteiger partial charge in [-0.05, 0) is 30.5 Å². The predicted molar refractivity (Wildman–Crippen MR) is 93.1 cm³/mol. The van der Waals surface area contributed by atoms with Crippen LogP contribution in [0.25, 0.3) is 0 Å². The molecule has 120 valence electrons. The molecule has 0 fully saturated rings. The van der Waals surface area contributed by atoms with E-state index < -0.39 is 0 Å². The summed E-state index contributed by atoms with van der Waals surface area (Å²) in [5, 5.41) is 7.74. The smallest absolute Gasteiger partial charge is 0.256 e. The van der Waals surface area contributed by atoms with E-state index in [1.165, 1.54) is 16.0 Å². The summed E-state index contributed by atoms with van der Waals surface area (Å²) in [6.45, 7) is 7.63. The van der Waals surface area contributed by atoms with Crippen molar-refractivity contribution in [1.29, 1.82) is 0 Å². The molecule has 1 aromatic carbocycles. The second-order valence-corrected chi connectivity index (χ2v) is 7.50. The van der Waals surface area contributed by atoms with Gasteiger partial charge in [0.1, 0.15) is 17.7 Å². The summed E-state index contributed by atoms with van der Waals surface area (Å²) < 4.78 is 0. The molecule has 0 spiro atoms. The number of likely N-dealkylation sites (N-methyl/N-ethyl adjacent to an activating group) is 1. The lowest BCUT2D eigenvalue weighted by Crippen LogP contribution is -3.11. The van der Waals surface area contributed by atoms with E-state index in [0.29, 0.717) is 0 Å². The van der Waals surface area contributed by atoms with Crippen LogP contribution in [-0.2, 0) is 13.0 Å².